The third-order valence-corrected chi connectivity index (χ3v) is 6.94. The smallest absolute Gasteiger partial charge is 0.350 e. The minimum atomic E-state index is -3.93. The number of hydrazone groups is 1. The number of ether oxygens (including phenoxy) is 1. The highest BCUT2D eigenvalue weighted by atomic mass is 32.2. The van der Waals surface area contributed by atoms with Gasteiger partial charge < -0.3 is 4.74 Å². The normalized spacial score (nSPS) is 12.3. The molecular weight excluding hydrogens is 524 g/mol. The van der Waals surface area contributed by atoms with Gasteiger partial charge in [0.1, 0.15) is 17.4 Å². The molecule has 3 aromatic rings. The van der Waals surface area contributed by atoms with Crippen LogP contribution in [0.25, 0.3) is 0 Å². The van der Waals surface area contributed by atoms with Crippen molar-refractivity contribution in [2.75, 3.05) is 0 Å². The van der Waals surface area contributed by atoms with E-state index in [9.17, 15) is 28.1 Å². The molecule has 0 saturated carbocycles. The number of carbonyl (C=O) groups excluding carboxylic acids is 2. The predicted molar refractivity (Wildman–Crippen MR) is 145 cm³/mol. The number of amides is 1. The summed E-state index contributed by atoms with van der Waals surface area (Å²) in [5.41, 5.74) is 3.27. The summed E-state index contributed by atoms with van der Waals surface area (Å²) < 4.78 is 33.3. The molecule has 2 N–H and O–H groups in total. The Morgan fingerprint density at radius 2 is 1.67 bits per heavy atom. The number of nitrogens with one attached hydrogen (secondary N) is 2. The van der Waals surface area contributed by atoms with E-state index in [1.165, 1.54) is 54.7 Å². The third kappa shape index (κ3) is 8.28. The van der Waals surface area contributed by atoms with E-state index in [1.807, 2.05) is 20.8 Å². The van der Waals surface area contributed by atoms with Gasteiger partial charge in [0.2, 0.25) is 10.0 Å². The lowest BCUT2D eigenvalue weighted by molar-refractivity contribution is -0.385. The second-order valence-corrected chi connectivity index (χ2v) is 10.8. The van der Waals surface area contributed by atoms with Gasteiger partial charge in [-0.15, -0.1) is 0 Å². The van der Waals surface area contributed by atoms with Crippen LogP contribution in [0.3, 0.4) is 0 Å². The van der Waals surface area contributed by atoms with Crippen molar-refractivity contribution in [1.82, 2.24) is 10.1 Å². The molecule has 0 aliphatic rings. The van der Waals surface area contributed by atoms with Crippen LogP contribution in [0.5, 0.6) is 5.75 Å². The summed E-state index contributed by atoms with van der Waals surface area (Å²) in [6.45, 7) is 5.58. The Morgan fingerprint density at radius 3 is 2.28 bits per heavy atom. The maximum atomic E-state index is 12.8. The Labute approximate surface area is 226 Å². The SMILES string of the molecule is Cc1ccc(S(=O)(=O)N[C@H](CC(C)C)C(=O)N/N=C\c2ccc(OC(=O)c3ccccc3[N+](=O)[O-])cc2)cc1. The Morgan fingerprint density at radius 1 is 1.03 bits per heavy atom. The van der Waals surface area contributed by atoms with Crippen LogP contribution in [0.4, 0.5) is 5.69 Å². The maximum absolute atomic E-state index is 12.8. The number of aryl methyl sites for hydroxylation is 1. The first-order chi connectivity index (χ1) is 18.5. The van der Waals surface area contributed by atoms with Crippen molar-refractivity contribution >= 4 is 33.8 Å². The number of carbonyl (C=O) groups is 2. The highest BCUT2D eigenvalue weighted by Crippen LogP contribution is 2.21. The molecule has 1 amide bonds. The molecule has 3 aromatic carbocycles. The van der Waals surface area contributed by atoms with E-state index in [0.29, 0.717) is 5.56 Å². The molecule has 3 rings (SSSR count). The van der Waals surface area contributed by atoms with Gasteiger partial charge in [-0.05, 0) is 67.3 Å². The zero-order valence-corrected chi connectivity index (χ0v) is 22.3. The molecule has 0 radical (unpaired) electrons. The van der Waals surface area contributed by atoms with Gasteiger partial charge >= 0.3 is 5.97 Å². The molecule has 0 aliphatic heterocycles. The Bertz CT molecular complexity index is 1470. The summed E-state index contributed by atoms with van der Waals surface area (Å²) in [6, 6.07) is 16.8. The first-order valence-corrected chi connectivity index (χ1v) is 13.4. The summed E-state index contributed by atoms with van der Waals surface area (Å²) in [4.78, 5) is 35.7. The average Bonchev–Trinajstić information content (AvgIpc) is 2.89. The zero-order valence-electron chi connectivity index (χ0n) is 21.5. The predicted octanol–water partition coefficient (Wildman–Crippen LogP) is 3.97. The second-order valence-electron chi connectivity index (χ2n) is 9.08. The topological polar surface area (TPSA) is 157 Å². The molecule has 1 atom stereocenters. The van der Waals surface area contributed by atoms with Crippen LogP contribution in [0.15, 0.2) is 82.8 Å². The number of sulfonamides is 1. The monoisotopic (exact) mass is 552 g/mol. The van der Waals surface area contributed by atoms with Crippen LogP contribution in [-0.4, -0.2) is 37.5 Å². The first kappa shape index (κ1) is 29.1. The lowest BCUT2D eigenvalue weighted by atomic mass is 10.0. The molecule has 11 nitrogen and oxygen atoms in total. The highest BCUT2D eigenvalue weighted by Gasteiger charge is 2.26. The van der Waals surface area contributed by atoms with Crippen molar-refractivity contribution in [2.24, 2.45) is 11.0 Å². The van der Waals surface area contributed by atoms with Gasteiger partial charge in [-0.3, -0.25) is 14.9 Å². The third-order valence-electron chi connectivity index (χ3n) is 5.45. The molecule has 0 bridgehead atoms. The van der Waals surface area contributed by atoms with E-state index < -0.39 is 32.9 Å². The van der Waals surface area contributed by atoms with Crippen LogP contribution < -0.4 is 14.9 Å². The highest BCUT2D eigenvalue weighted by molar-refractivity contribution is 7.89. The molecular formula is C27H28N4O7S. The lowest BCUT2D eigenvalue weighted by Gasteiger charge is -2.19. The first-order valence-electron chi connectivity index (χ1n) is 11.9. The van der Waals surface area contributed by atoms with Crippen molar-refractivity contribution < 1.29 is 27.7 Å². The molecule has 204 valence electrons. The number of nitrogens with zero attached hydrogens (tertiary/aromatic N) is 2. The number of nitro groups is 1. The van der Waals surface area contributed by atoms with Crippen molar-refractivity contribution in [1.29, 1.82) is 0 Å². The van der Waals surface area contributed by atoms with Gasteiger partial charge in [0.25, 0.3) is 11.6 Å². The van der Waals surface area contributed by atoms with E-state index in [-0.39, 0.29) is 34.2 Å². The van der Waals surface area contributed by atoms with Crippen molar-refractivity contribution in [3.8, 4) is 5.75 Å². The quantitative estimate of drug-likeness (QED) is 0.120. The molecule has 0 fully saturated rings. The second kappa shape index (κ2) is 12.9. The Kier molecular flexibility index (Phi) is 9.63. The number of hydrogen-bond acceptors (Lipinski definition) is 8. The van der Waals surface area contributed by atoms with Crippen LogP contribution in [-0.2, 0) is 14.8 Å². The van der Waals surface area contributed by atoms with Crippen molar-refractivity contribution in [2.45, 2.75) is 38.1 Å². The zero-order chi connectivity index (χ0) is 28.6. The molecule has 12 heteroatoms. The van der Waals surface area contributed by atoms with Gasteiger partial charge in [-0.2, -0.15) is 9.82 Å². The lowest BCUT2D eigenvalue weighted by Crippen LogP contribution is -2.46. The maximum Gasteiger partial charge on any atom is 0.350 e. The van der Waals surface area contributed by atoms with E-state index in [1.54, 1.807) is 24.3 Å². The van der Waals surface area contributed by atoms with Crippen LogP contribution in [0, 0.1) is 23.0 Å². The van der Waals surface area contributed by atoms with Gasteiger partial charge in [0, 0.05) is 6.07 Å². The number of rotatable bonds is 11. The molecule has 0 unspecified atom stereocenters. The number of nitro benzene ring substituents is 1. The van der Waals surface area contributed by atoms with E-state index in [4.69, 9.17) is 4.74 Å². The van der Waals surface area contributed by atoms with Gasteiger partial charge in [0.05, 0.1) is 16.0 Å². The Balaban J connectivity index is 1.63. The molecule has 0 saturated heterocycles. The number of benzene rings is 3. The van der Waals surface area contributed by atoms with Crippen LogP contribution in [0.2, 0.25) is 0 Å². The number of para-hydroxylation sites is 1. The average molecular weight is 553 g/mol. The molecule has 0 heterocycles. The van der Waals surface area contributed by atoms with Gasteiger partial charge in [-0.1, -0.05) is 43.7 Å². The summed E-state index contributed by atoms with van der Waals surface area (Å²) in [6.07, 6.45) is 1.60. The Hall–Kier alpha value is -4.42. The number of hydrogen-bond donors (Lipinski definition) is 2. The standard InChI is InChI=1S/C27H28N4O7S/c1-18(2)16-24(30-39(36,37)22-14-8-19(3)9-15-22)26(32)29-28-17-20-10-12-21(13-11-20)38-27(33)23-6-4-5-7-25(23)31(34)35/h4-15,17-18,24,30H,16H2,1-3H3,(H,29,32)/b28-17-/t24-/m1/s1. The summed E-state index contributed by atoms with van der Waals surface area (Å²) in [5.74, 6) is -1.31. The fourth-order valence-corrected chi connectivity index (χ4v) is 4.70. The van der Waals surface area contributed by atoms with E-state index >= 15 is 0 Å². The van der Waals surface area contributed by atoms with E-state index in [2.05, 4.69) is 15.2 Å². The fraction of sp³-hybridized carbons (Fsp3) is 0.222. The fourth-order valence-electron chi connectivity index (χ4n) is 3.49. The summed E-state index contributed by atoms with van der Waals surface area (Å²) in [5, 5.41) is 15.0. The minimum absolute atomic E-state index is 0.0259. The molecule has 0 spiro atoms. The molecule has 0 aliphatic carbocycles. The van der Waals surface area contributed by atoms with Crippen molar-refractivity contribution in [3.05, 3.63) is 99.6 Å². The van der Waals surface area contributed by atoms with Crippen LogP contribution in [0.1, 0.15) is 41.8 Å². The van der Waals surface area contributed by atoms with Gasteiger partial charge in [-0.25, -0.2) is 18.6 Å². The summed E-state index contributed by atoms with van der Waals surface area (Å²) >= 11 is 0. The van der Waals surface area contributed by atoms with E-state index in [0.717, 1.165) is 5.56 Å². The van der Waals surface area contributed by atoms with Gasteiger partial charge in [0.15, 0.2) is 0 Å². The van der Waals surface area contributed by atoms with Crippen LogP contribution >= 0.6 is 0 Å². The molecule has 0 aromatic heterocycles. The molecule has 39 heavy (non-hydrogen) atoms. The largest absolute Gasteiger partial charge is 0.423 e. The number of esters is 1. The summed E-state index contributed by atoms with van der Waals surface area (Å²) in [7, 11) is -3.93. The minimum Gasteiger partial charge on any atom is -0.423 e. The van der Waals surface area contributed by atoms with Crippen molar-refractivity contribution in [3.63, 3.8) is 0 Å².